The van der Waals surface area contributed by atoms with E-state index in [0.29, 0.717) is 0 Å². The molecule has 25 heavy (non-hydrogen) atoms. The van der Waals surface area contributed by atoms with Crippen LogP contribution in [0, 0.1) is 0 Å². The molecule has 0 radical (unpaired) electrons. The third kappa shape index (κ3) is 44.9. The molecule has 0 aliphatic heterocycles. The van der Waals surface area contributed by atoms with Gasteiger partial charge in [-0.2, -0.15) is 0 Å². The summed E-state index contributed by atoms with van der Waals surface area (Å²) in [5.74, 6) is -2.14. The average Bonchev–Trinajstić information content (AvgIpc) is 2.60. The van der Waals surface area contributed by atoms with Crippen molar-refractivity contribution in [2.45, 2.75) is 13.3 Å². The molecule has 0 aliphatic carbocycles. The molecule has 0 saturated heterocycles. The van der Waals surface area contributed by atoms with Gasteiger partial charge in [-0.25, -0.2) is 9.59 Å². The first-order chi connectivity index (χ1) is 11.6. The standard InChI is InChI=1S/C4H6O4.C3H7NO2.C3H6O3.C3H6O2/c1-8-4(7)2-3(5)6;1-4-3(5)6-2;1-5-3(4)6-2;1-3(4)5-2/h2H2,1H3,(H,5,6);1-2H3,(H,4,5);1-2H3;1-2H3. The second kappa shape index (κ2) is 23.2. The summed E-state index contributed by atoms with van der Waals surface area (Å²) < 4.78 is 20.4. The van der Waals surface area contributed by atoms with Crippen molar-refractivity contribution in [2.75, 3.05) is 42.6 Å². The third-order valence-electron chi connectivity index (χ3n) is 1.53. The highest BCUT2D eigenvalue weighted by atomic mass is 16.7. The molecular formula is C13H25NO11. The number of carbonyl (C=O) groups excluding carboxylic acids is 4. The van der Waals surface area contributed by atoms with E-state index in [9.17, 15) is 24.0 Å². The van der Waals surface area contributed by atoms with Gasteiger partial charge in [0.2, 0.25) is 0 Å². The number of alkyl carbamates (subject to hydrolysis) is 1. The van der Waals surface area contributed by atoms with Gasteiger partial charge in [-0.15, -0.1) is 0 Å². The van der Waals surface area contributed by atoms with Crippen molar-refractivity contribution in [3.05, 3.63) is 0 Å². The molecule has 12 nitrogen and oxygen atoms in total. The Labute approximate surface area is 145 Å². The number of methoxy groups -OCH3 is 5. The predicted octanol–water partition coefficient (Wildman–Crippen LogP) is 0.185. The van der Waals surface area contributed by atoms with Crippen LogP contribution in [0.4, 0.5) is 9.59 Å². The third-order valence-corrected chi connectivity index (χ3v) is 1.53. The number of carboxylic acids is 1. The smallest absolute Gasteiger partial charge is 0.481 e. The van der Waals surface area contributed by atoms with Crippen molar-refractivity contribution >= 4 is 30.2 Å². The average molecular weight is 371 g/mol. The quantitative estimate of drug-likeness (QED) is 0.386. The van der Waals surface area contributed by atoms with Crippen LogP contribution in [0.1, 0.15) is 13.3 Å². The van der Waals surface area contributed by atoms with Crippen molar-refractivity contribution in [3.8, 4) is 0 Å². The van der Waals surface area contributed by atoms with E-state index in [0.717, 1.165) is 7.11 Å². The number of aliphatic carboxylic acids is 1. The van der Waals surface area contributed by atoms with Crippen LogP contribution < -0.4 is 5.32 Å². The van der Waals surface area contributed by atoms with E-state index in [4.69, 9.17) is 5.11 Å². The fourth-order valence-corrected chi connectivity index (χ4v) is 0.381. The van der Waals surface area contributed by atoms with E-state index in [1.54, 1.807) is 0 Å². The second-order valence-electron chi connectivity index (χ2n) is 3.24. The van der Waals surface area contributed by atoms with E-state index >= 15 is 0 Å². The van der Waals surface area contributed by atoms with E-state index in [-0.39, 0.29) is 5.97 Å². The molecule has 12 heteroatoms. The van der Waals surface area contributed by atoms with Crippen LogP contribution in [0.5, 0.6) is 0 Å². The maximum Gasteiger partial charge on any atom is 0.507 e. The molecule has 0 aromatic rings. The van der Waals surface area contributed by atoms with Crippen LogP contribution in [0.2, 0.25) is 0 Å². The number of amides is 1. The fourth-order valence-electron chi connectivity index (χ4n) is 0.381. The van der Waals surface area contributed by atoms with E-state index in [1.165, 1.54) is 42.4 Å². The Morgan fingerprint density at radius 3 is 1.24 bits per heavy atom. The monoisotopic (exact) mass is 371 g/mol. The summed E-state index contributed by atoms with van der Waals surface area (Å²) in [4.78, 5) is 48.9. The lowest BCUT2D eigenvalue weighted by Crippen LogP contribution is -2.16. The van der Waals surface area contributed by atoms with Crippen molar-refractivity contribution < 1.29 is 52.8 Å². The first kappa shape index (κ1) is 29.9. The Morgan fingerprint density at radius 1 is 0.800 bits per heavy atom. The molecule has 0 atom stereocenters. The number of hydrogen-bond acceptors (Lipinski definition) is 10. The number of carbonyl (C=O) groups is 5. The number of hydrogen-bond donors (Lipinski definition) is 2. The van der Waals surface area contributed by atoms with Crippen molar-refractivity contribution in [1.29, 1.82) is 0 Å². The molecule has 0 bridgehead atoms. The van der Waals surface area contributed by atoms with Crippen LogP contribution in [0.25, 0.3) is 0 Å². The zero-order valence-corrected chi connectivity index (χ0v) is 15.2. The first-order valence-electron chi connectivity index (χ1n) is 6.26. The minimum absolute atomic E-state index is 0.245. The lowest BCUT2D eigenvalue weighted by atomic mass is 10.4. The SMILES string of the molecule is CNC(=O)OC.COC(=O)CC(=O)O.COC(=O)OC.COC(C)=O. The van der Waals surface area contributed by atoms with Gasteiger partial charge >= 0.3 is 30.2 Å². The van der Waals surface area contributed by atoms with Crippen LogP contribution >= 0.6 is 0 Å². The molecule has 0 saturated carbocycles. The summed E-state index contributed by atoms with van der Waals surface area (Å²) in [5, 5.41) is 10.2. The zero-order valence-electron chi connectivity index (χ0n) is 15.2. The fraction of sp³-hybridized carbons (Fsp3) is 0.615. The summed E-state index contributed by atoms with van der Waals surface area (Å²) in [6, 6.07) is 0. The van der Waals surface area contributed by atoms with Crippen LogP contribution in [0.3, 0.4) is 0 Å². The number of carboxylic acid groups (broad SMARTS) is 1. The number of esters is 2. The second-order valence-corrected chi connectivity index (χ2v) is 3.24. The lowest BCUT2D eigenvalue weighted by Gasteiger charge is -1.90. The van der Waals surface area contributed by atoms with Gasteiger partial charge in [0.25, 0.3) is 0 Å². The summed E-state index contributed by atoms with van der Waals surface area (Å²) in [6.45, 7) is 1.36. The molecular weight excluding hydrogens is 346 g/mol. The molecule has 1 amide bonds. The molecule has 0 spiro atoms. The van der Waals surface area contributed by atoms with E-state index in [2.05, 4.69) is 29.0 Å². The number of rotatable bonds is 2. The summed E-state index contributed by atoms with van der Waals surface area (Å²) in [5.41, 5.74) is 0. The Balaban J connectivity index is -0.000000119. The van der Waals surface area contributed by atoms with Crippen molar-refractivity contribution in [2.24, 2.45) is 0 Å². The maximum atomic E-state index is 10.0. The van der Waals surface area contributed by atoms with Gasteiger partial charge in [-0.05, 0) is 0 Å². The highest BCUT2D eigenvalue weighted by molar-refractivity contribution is 5.89. The largest absolute Gasteiger partial charge is 0.507 e. The van der Waals surface area contributed by atoms with Gasteiger partial charge in [-0.1, -0.05) is 0 Å². The van der Waals surface area contributed by atoms with Gasteiger partial charge in [0.05, 0.1) is 35.5 Å². The Bertz CT molecular complexity index is 367. The highest BCUT2D eigenvalue weighted by Gasteiger charge is 2.04. The molecule has 0 aromatic heterocycles. The summed E-state index contributed by atoms with van der Waals surface area (Å²) in [7, 11) is 7.83. The Kier molecular flexibility index (Phi) is 27.8. The Morgan fingerprint density at radius 2 is 1.20 bits per heavy atom. The molecule has 0 heterocycles. The molecule has 0 fully saturated rings. The Hall–Kier alpha value is -3.05. The first-order valence-corrected chi connectivity index (χ1v) is 6.26. The highest BCUT2D eigenvalue weighted by Crippen LogP contribution is 1.81. The lowest BCUT2D eigenvalue weighted by molar-refractivity contribution is -0.149. The van der Waals surface area contributed by atoms with Crippen molar-refractivity contribution in [1.82, 2.24) is 5.32 Å². The van der Waals surface area contributed by atoms with E-state index in [1.807, 2.05) is 0 Å². The molecule has 0 aliphatic rings. The molecule has 0 unspecified atom stereocenters. The summed E-state index contributed by atoms with van der Waals surface area (Å²) in [6.07, 6.45) is -1.62. The minimum Gasteiger partial charge on any atom is -0.481 e. The topological polar surface area (TPSA) is 164 Å². The predicted molar refractivity (Wildman–Crippen MR) is 82.8 cm³/mol. The number of nitrogens with one attached hydrogen (secondary N) is 1. The maximum absolute atomic E-state index is 10.0. The number of ether oxygens (including phenoxy) is 5. The van der Waals surface area contributed by atoms with Crippen LogP contribution in [0.15, 0.2) is 0 Å². The van der Waals surface area contributed by atoms with Crippen molar-refractivity contribution in [3.63, 3.8) is 0 Å². The van der Waals surface area contributed by atoms with Gasteiger partial charge in [0.15, 0.2) is 0 Å². The minimum atomic E-state index is -1.17. The molecule has 0 rings (SSSR count). The zero-order chi connectivity index (χ0) is 20.8. The van der Waals surface area contributed by atoms with E-state index < -0.39 is 30.6 Å². The van der Waals surface area contributed by atoms with Crippen LogP contribution in [-0.2, 0) is 38.1 Å². The van der Waals surface area contributed by atoms with Gasteiger partial charge in [0.1, 0.15) is 6.42 Å². The summed E-state index contributed by atoms with van der Waals surface area (Å²) >= 11 is 0. The molecule has 2 N–H and O–H groups in total. The molecule has 0 aromatic carbocycles. The van der Waals surface area contributed by atoms with Gasteiger partial charge < -0.3 is 34.1 Å². The van der Waals surface area contributed by atoms with Crippen LogP contribution in [-0.4, -0.2) is 77.9 Å². The normalized spacial score (nSPS) is 7.32. The van der Waals surface area contributed by atoms with Gasteiger partial charge in [-0.3, -0.25) is 14.4 Å². The van der Waals surface area contributed by atoms with Gasteiger partial charge in [0, 0.05) is 14.0 Å². The molecule has 148 valence electrons.